The van der Waals surface area contributed by atoms with Gasteiger partial charge < -0.3 is 0 Å². The highest BCUT2D eigenvalue weighted by Gasteiger charge is 2.09. The molecule has 0 heterocycles. The summed E-state index contributed by atoms with van der Waals surface area (Å²) < 4.78 is 0. The van der Waals surface area contributed by atoms with E-state index in [1.165, 1.54) is 38.0 Å². The van der Waals surface area contributed by atoms with Crippen molar-refractivity contribution in [3.8, 4) is 0 Å². The zero-order valence-corrected chi connectivity index (χ0v) is 18.0. The van der Waals surface area contributed by atoms with Gasteiger partial charge in [-0.1, -0.05) is 85.4 Å². The van der Waals surface area contributed by atoms with Gasteiger partial charge in [0.25, 0.3) is 0 Å². The fourth-order valence-electron chi connectivity index (χ4n) is 1.26. The van der Waals surface area contributed by atoms with Crippen molar-refractivity contribution in [2.45, 2.75) is 78.5 Å². The minimum atomic E-state index is 0.171. The van der Waals surface area contributed by atoms with Gasteiger partial charge in [-0.25, -0.2) is 0 Å². The molecule has 0 amide bonds. The summed E-state index contributed by atoms with van der Waals surface area (Å²) >= 11 is 7.46. The molecule has 4 heteroatoms. The van der Waals surface area contributed by atoms with Crippen LogP contribution in [0, 0.1) is 0 Å². The van der Waals surface area contributed by atoms with Crippen molar-refractivity contribution in [2.75, 3.05) is 12.3 Å². The largest absolute Gasteiger partial charge is 0.0650 e. The predicted octanol–water partition coefficient (Wildman–Crippen LogP) is 7.97. The molecule has 0 aliphatic heterocycles. The molecule has 4 unspecified atom stereocenters. The first-order valence-corrected chi connectivity index (χ1v) is 14.5. The second-order valence-electron chi connectivity index (χ2n) is 4.76. The van der Waals surface area contributed by atoms with Crippen LogP contribution in [0.2, 0.25) is 0 Å². The standard InChI is InChI=1S/2C7H16BrP/c2*1-4-6-9(8)7(3)5-2/h2*7H,4-6H2,1-3H3. The summed E-state index contributed by atoms with van der Waals surface area (Å²) in [5.41, 5.74) is 1.81. The number of halogens is 2. The van der Waals surface area contributed by atoms with Gasteiger partial charge >= 0.3 is 0 Å². The minimum Gasteiger partial charge on any atom is -0.0650 e. The van der Waals surface area contributed by atoms with E-state index in [4.69, 9.17) is 0 Å². The van der Waals surface area contributed by atoms with Crippen LogP contribution in [0.4, 0.5) is 0 Å². The second-order valence-corrected chi connectivity index (χ2v) is 14.5. The lowest BCUT2D eigenvalue weighted by Crippen LogP contribution is -1.94. The summed E-state index contributed by atoms with van der Waals surface area (Å²) in [6.45, 7) is 14.0. The van der Waals surface area contributed by atoms with Gasteiger partial charge in [0.15, 0.2) is 0 Å². The summed E-state index contributed by atoms with van der Waals surface area (Å²) in [5.74, 6) is 0. The molecule has 0 aromatic rings. The average Bonchev–Trinajstić information content (AvgIpc) is 2.38. The molecule has 0 bridgehead atoms. The smallest absolute Gasteiger partial charge is 0.0142 e. The Morgan fingerprint density at radius 1 is 0.722 bits per heavy atom. The SMILES string of the molecule is CCCP(Br)C(C)CC.CCCP(Br)C(C)CC. The van der Waals surface area contributed by atoms with Crippen LogP contribution in [-0.2, 0) is 0 Å². The van der Waals surface area contributed by atoms with Crippen LogP contribution < -0.4 is 0 Å². The molecular weight excluding hydrogens is 390 g/mol. The molecule has 0 saturated carbocycles. The Hall–Kier alpha value is 1.82. The van der Waals surface area contributed by atoms with E-state index >= 15 is 0 Å². The highest BCUT2D eigenvalue weighted by atomic mass is 79.9. The van der Waals surface area contributed by atoms with E-state index in [2.05, 4.69) is 72.5 Å². The molecule has 0 aromatic heterocycles. The van der Waals surface area contributed by atoms with Crippen LogP contribution >= 0.6 is 44.2 Å². The first-order chi connectivity index (χ1) is 8.44. The van der Waals surface area contributed by atoms with Crippen LogP contribution in [0.15, 0.2) is 0 Å². The molecule has 0 fully saturated rings. The third-order valence-corrected chi connectivity index (χ3v) is 13.7. The molecule has 112 valence electrons. The Morgan fingerprint density at radius 3 is 1.17 bits per heavy atom. The molecule has 0 rings (SSSR count). The maximum atomic E-state index is 3.73. The molecule has 0 aliphatic rings. The third kappa shape index (κ3) is 12.8. The Balaban J connectivity index is 0. The van der Waals surface area contributed by atoms with Gasteiger partial charge in [0.1, 0.15) is 0 Å². The fourth-order valence-corrected chi connectivity index (χ4v) is 7.66. The van der Waals surface area contributed by atoms with Crippen molar-refractivity contribution < 1.29 is 0 Å². The molecule has 0 N–H and O–H groups in total. The molecule has 0 nitrogen and oxygen atoms in total. The van der Waals surface area contributed by atoms with Gasteiger partial charge in [-0.2, -0.15) is 0 Å². The Kier molecular flexibility index (Phi) is 18.7. The lowest BCUT2D eigenvalue weighted by molar-refractivity contribution is 0.892. The zero-order valence-electron chi connectivity index (χ0n) is 13.0. The Bertz CT molecular complexity index is 150. The lowest BCUT2D eigenvalue weighted by atomic mass is 10.4. The monoisotopic (exact) mass is 420 g/mol. The Labute approximate surface area is 134 Å². The van der Waals surface area contributed by atoms with Crippen LogP contribution in [-0.4, -0.2) is 23.6 Å². The molecule has 0 radical (unpaired) electrons. The lowest BCUT2D eigenvalue weighted by Gasteiger charge is -2.14. The maximum Gasteiger partial charge on any atom is -0.0142 e. The van der Waals surface area contributed by atoms with E-state index in [1.807, 2.05) is 0 Å². The molecule has 0 aliphatic carbocycles. The predicted molar refractivity (Wildman–Crippen MR) is 102 cm³/mol. The quantitative estimate of drug-likeness (QED) is 0.348. The van der Waals surface area contributed by atoms with Crippen molar-refractivity contribution in [1.82, 2.24) is 0 Å². The summed E-state index contributed by atoms with van der Waals surface area (Å²) in [6.07, 6.45) is 8.03. The van der Waals surface area contributed by atoms with Crippen molar-refractivity contribution in [1.29, 1.82) is 0 Å². The van der Waals surface area contributed by atoms with Gasteiger partial charge in [0.2, 0.25) is 0 Å². The number of hydrogen-bond acceptors (Lipinski definition) is 0. The summed E-state index contributed by atoms with van der Waals surface area (Å²) in [7, 11) is 0. The summed E-state index contributed by atoms with van der Waals surface area (Å²) in [6, 6.07) is 0. The van der Waals surface area contributed by atoms with Crippen molar-refractivity contribution in [2.24, 2.45) is 0 Å². The number of rotatable bonds is 8. The first kappa shape index (κ1) is 22.1. The molecule has 4 atom stereocenters. The van der Waals surface area contributed by atoms with E-state index in [9.17, 15) is 0 Å². The van der Waals surface area contributed by atoms with Gasteiger partial charge in [-0.15, -0.1) is 0 Å². The van der Waals surface area contributed by atoms with Gasteiger partial charge in [-0.05, 0) is 49.7 Å². The molecule has 0 saturated heterocycles. The highest BCUT2D eigenvalue weighted by molar-refractivity contribution is 9.39. The van der Waals surface area contributed by atoms with Crippen LogP contribution in [0.5, 0.6) is 0 Å². The number of hydrogen-bond donors (Lipinski definition) is 0. The molecular formula is C14H32Br2P2. The van der Waals surface area contributed by atoms with Gasteiger partial charge in [0.05, 0.1) is 0 Å². The second kappa shape index (κ2) is 15.2. The van der Waals surface area contributed by atoms with Crippen molar-refractivity contribution >= 4 is 44.2 Å². The summed E-state index contributed by atoms with van der Waals surface area (Å²) in [5, 5.41) is 0. The van der Waals surface area contributed by atoms with Crippen molar-refractivity contribution in [3.63, 3.8) is 0 Å². The highest BCUT2D eigenvalue weighted by Crippen LogP contribution is 2.50. The zero-order chi connectivity index (χ0) is 14.6. The topological polar surface area (TPSA) is 0 Å². The van der Waals surface area contributed by atoms with Gasteiger partial charge in [0, 0.05) is 0 Å². The van der Waals surface area contributed by atoms with Crippen LogP contribution in [0.25, 0.3) is 0 Å². The van der Waals surface area contributed by atoms with Gasteiger partial charge in [-0.3, -0.25) is 0 Å². The van der Waals surface area contributed by atoms with E-state index in [-0.39, 0.29) is 13.2 Å². The van der Waals surface area contributed by atoms with Crippen LogP contribution in [0.3, 0.4) is 0 Å². The molecule has 0 aromatic carbocycles. The van der Waals surface area contributed by atoms with Crippen LogP contribution in [0.1, 0.15) is 67.2 Å². The third-order valence-electron chi connectivity index (χ3n) is 3.01. The molecule has 0 spiro atoms. The fraction of sp³-hybridized carbons (Fsp3) is 1.00. The van der Waals surface area contributed by atoms with E-state index < -0.39 is 0 Å². The van der Waals surface area contributed by atoms with E-state index in [1.54, 1.807) is 0 Å². The minimum absolute atomic E-state index is 0.171. The maximum absolute atomic E-state index is 3.73. The van der Waals surface area contributed by atoms with E-state index in [0.717, 1.165) is 11.3 Å². The first-order valence-electron chi connectivity index (χ1n) is 7.29. The Morgan fingerprint density at radius 2 is 1.00 bits per heavy atom. The average molecular weight is 422 g/mol. The van der Waals surface area contributed by atoms with E-state index in [0.29, 0.717) is 0 Å². The van der Waals surface area contributed by atoms with Crippen molar-refractivity contribution in [3.05, 3.63) is 0 Å². The summed E-state index contributed by atoms with van der Waals surface area (Å²) in [4.78, 5) is 0. The normalized spacial score (nSPS) is 17.3. The molecule has 18 heavy (non-hydrogen) atoms.